The number of amides is 1. The molecule has 2 unspecified atom stereocenters. The average Bonchev–Trinajstić information content (AvgIpc) is 3.64. The third-order valence-corrected chi connectivity index (χ3v) is 8.65. The van der Waals surface area contributed by atoms with Gasteiger partial charge in [0.15, 0.2) is 5.17 Å². The molecule has 0 radical (unpaired) electrons. The van der Waals surface area contributed by atoms with E-state index < -0.39 is 35.8 Å². The van der Waals surface area contributed by atoms with Gasteiger partial charge in [-0.15, -0.1) is 0 Å². The van der Waals surface area contributed by atoms with E-state index in [-0.39, 0.29) is 28.1 Å². The van der Waals surface area contributed by atoms with Crippen LogP contribution in [0.3, 0.4) is 0 Å². The Labute approximate surface area is 222 Å². The Morgan fingerprint density at radius 3 is 2.51 bits per heavy atom. The number of allylic oxidation sites excluding steroid dienone is 1. The highest BCUT2D eigenvalue weighted by Crippen LogP contribution is 2.43. The number of carbonyl (C=O) groups excluding carboxylic acids is 1. The zero-order valence-corrected chi connectivity index (χ0v) is 21.2. The molecule has 6 nitrogen and oxygen atoms in total. The maximum atomic E-state index is 14.0. The molecule has 13 heteroatoms. The maximum Gasteiger partial charge on any atom is 0.416 e. The van der Waals surface area contributed by atoms with E-state index in [1.54, 1.807) is 24.4 Å². The van der Waals surface area contributed by atoms with Crippen molar-refractivity contribution in [1.29, 1.82) is 0 Å². The molecule has 2 saturated heterocycles. The van der Waals surface area contributed by atoms with E-state index in [4.69, 9.17) is 0 Å². The number of hydrogen-bond acceptors (Lipinski definition) is 5. The minimum absolute atomic E-state index is 0.125. The fraction of sp³-hybridized carbons (Fsp3) is 0.346. The van der Waals surface area contributed by atoms with Crippen LogP contribution in [0.15, 0.2) is 52.5 Å². The van der Waals surface area contributed by atoms with Gasteiger partial charge in [-0.25, -0.2) is 0 Å². The summed E-state index contributed by atoms with van der Waals surface area (Å²) in [7, 11) is 2.04. The fourth-order valence-electron chi connectivity index (χ4n) is 5.51. The Kier molecular flexibility index (Phi) is 6.06. The standard InChI is InChI=1S/C26H21F6N5OS/c1-36-11-18-9-17(36)12-37(18)24-34-23(38)22(39-24)19(13-3-5-21-15(6-13)10-33-35-21)7-14-2-4-16(25(27,28)29)8-20(14)26(30,31)32/h2-6,8,10,17-18H,7,9,11-12H2,1H3,(H,33,35). The number of aliphatic imine (C=N–C) groups is 1. The molecule has 1 N–H and O–H groups in total. The molecule has 2 bridgehead atoms. The Morgan fingerprint density at radius 1 is 1.05 bits per heavy atom. The number of alkyl halides is 6. The van der Waals surface area contributed by atoms with Crippen molar-refractivity contribution in [3.63, 3.8) is 0 Å². The number of hydrogen-bond donors (Lipinski definition) is 1. The highest BCUT2D eigenvalue weighted by atomic mass is 32.2. The second kappa shape index (κ2) is 9.12. The summed E-state index contributed by atoms with van der Waals surface area (Å²) < 4.78 is 81.7. The first-order valence-electron chi connectivity index (χ1n) is 12.1. The van der Waals surface area contributed by atoms with Crippen LogP contribution in [0.1, 0.15) is 28.7 Å². The Morgan fingerprint density at radius 2 is 1.85 bits per heavy atom. The number of carbonyl (C=O) groups is 1. The third-order valence-electron chi connectivity index (χ3n) is 7.52. The van der Waals surface area contributed by atoms with Crippen molar-refractivity contribution in [2.45, 2.75) is 37.3 Å². The van der Waals surface area contributed by atoms with Crippen molar-refractivity contribution in [2.75, 3.05) is 20.1 Å². The summed E-state index contributed by atoms with van der Waals surface area (Å²) in [5.74, 6) is -0.575. The van der Waals surface area contributed by atoms with E-state index in [0.29, 0.717) is 40.3 Å². The molecule has 204 valence electrons. The van der Waals surface area contributed by atoms with Crippen LogP contribution in [0.4, 0.5) is 26.3 Å². The molecule has 1 amide bonds. The van der Waals surface area contributed by atoms with Crippen LogP contribution in [0, 0.1) is 0 Å². The lowest BCUT2D eigenvalue weighted by Gasteiger charge is -2.32. The third kappa shape index (κ3) is 4.71. The molecule has 3 aromatic rings. The molecule has 0 aliphatic carbocycles. The van der Waals surface area contributed by atoms with Crippen LogP contribution < -0.4 is 0 Å². The first-order chi connectivity index (χ1) is 18.4. The Hall–Kier alpha value is -3.32. The zero-order chi connectivity index (χ0) is 27.7. The molecule has 1 aromatic heterocycles. The molecule has 0 spiro atoms. The number of nitrogens with zero attached hydrogens (tertiary/aromatic N) is 4. The number of halogens is 6. The van der Waals surface area contributed by atoms with E-state index in [9.17, 15) is 31.1 Å². The number of amidine groups is 1. The van der Waals surface area contributed by atoms with Gasteiger partial charge >= 0.3 is 12.4 Å². The average molecular weight is 566 g/mol. The number of likely N-dealkylation sites (tertiary alicyclic amines) is 2. The van der Waals surface area contributed by atoms with Gasteiger partial charge in [0, 0.05) is 30.6 Å². The lowest BCUT2D eigenvalue weighted by atomic mass is 9.92. The monoisotopic (exact) mass is 565 g/mol. The van der Waals surface area contributed by atoms with Crippen LogP contribution >= 0.6 is 11.8 Å². The number of nitrogens with one attached hydrogen (secondary N) is 1. The molecule has 2 fully saturated rings. The number of likely N-dealkylation sites (N-methyl/N-ethyl adjacent to an activating group) is 1. The molecule has 3 aliphatic heterocycles. The number of aromatic amines is 1. The van der Waals surface area contributed by atoms with Crippen molar-refractivity contribution in [2.24, 2.45) is 4.99 Å². The topological polar surface area (TPSA) is 64.6 Å². The van der Waals surface area contributed by atoms with E-state index in [1.165, 1.54) is 0 Å². The fourth-order valence-corrected chi connectivity index (χ4v) is 6.61. The smallest absolute Gasteiger partial charge is 0.345 e. The predicted molar refractivity (Wildman–Crippen MR) is 135 cm³/mol. The number of thioether (sulfide) groups is 1. The van der Waals surface area contributed by atoms with Gasteiger partial charge in [0.05, 0.1) is 27.7 Å². The lowest BCUT2D eigenvalue weighted by Crippen LogP contribution is -2.46. The summed E-state index contributed by atoms with van der Waals surface area (Å²) in [5, 5.41) is 7.94. The van der Waals surface area contributed by atoms with E-state index >= 15 is 0 Å². The van der Waals surface area contributed by atoms with Crippen molar-refractivity contribution in [1.82, 2.24) is 20.0 Å². The highest BCUT2D eigenvalue weighted by molar-refractivity contribution is 8.18. The van der Waals surface area contributed by atoms with Crippen LogP contribution in [0.2, 0.25) is 0 Å². The molecule has 6 rings (SSSR count). The highest BCUT2D eigenvalue weighted by Gasteiger charge is 2.45. The molecule has 2 atom stereocenters. The van der Waals surface area contributed by atoms with Gasteiger partial charge in [-0.3, -0.25) is 14.8 Å². The van der Waals surface area contributed by atoms with Crippen molar-refractivity contribution in [3.8, 4) is 0 Å². The minimum atomic E-state index is -5.03. The van der Waals surface area contributed by atoms with Gasteiger partial charge in [0.2, 0.25) is 0 Å². The summed E-state index contributed by atoms with van der Waals surface area (Å²) >= 11 is 1.11. The number of rotatable bonds is 3. The number of fused-ring (bicyclic) bond motifs is 3. The summed E-state index contributed by atoms with van der Waals surface area (Å²) in [5.41, 5.74) is -1.73. The van der Waals surface area contributed by atoms with Gasteiger partial charge in [-0.2, -0.15) is 36.4 Å². The second-order valence-corrected chi connectivity index (χ2v) is 10.9. The van der Waals surface area contributed by atoms with Gasteiger partial charge in [-0.1, -0.05) is 12.1 Å². The molecule has 3 aliphatic rings. The first kappa shape index (κ1) is 25.9. The minimum Gasteiger partial charge on any atom is -0.345 e. The summed E-state index contributed by atoms with van der Waals surface area (Å²) in [4.78, 5) is 21.9. The van der Waals surface area contributed by atoms with Crippen LogP contribution in [0.25, 0.3) is 16.5 Å². The zero-order valence-electron chi connectivity index (χ0n) is 20.4. The Bertz CT molecular complexity index is 1540. The number of H-pyrrole nitrogens is 1. The lowest BCUT2D eigenvalue weighted by molar-refractivity contribution is -0.143. The molecule has 0 saturated carbocycles. The molecule has 39 heavy (non-hydrogen) atoms. The predicted octanol–water partition coefficient (Wildman–Crippen LogP) is 5.57. The van der Waals surface area contributed by atoms with Gasteiger partial charge < -0.3 is 4.90 Å². The second-order valence-electron chi connectivity index (χ2n) is 9.96. The number of benzene rings is 2. The first-order valence-corrected chi connectivity index (χ1v) is 12.9. The number of aromatic nitrogens is 2. The van der Waals surface area contributed by atoms with Crippen LogP contribution in [-0.2, 0) is 23.6 Å². The van der Waals surface area contributed by atoms with Crippen LogP contribution in [-0.4, -0.2) is 63.3 Å². The Balaban J connectivity index is 1.43. The van der Waals surface area contributed by atoms with Gasteiger partial charge in [-0.05, 0) is 72.6 Å². The van der Waals surface area contributed by atoms with Crippen molar-refractivity contribution in [3.05, 3.63) is 69.8 Å². The molecular formula is C26H21F6N5OS. The molecule has 4 heterocycles. The quantitative estimate of drug-likeness (QED) is 0.332. The molecular weight excluding hydrogens is 544 g/mol. The normalized spacial score (nSPS) is 23.3. The van der Waals surface area contributed by atoms with Gasteiger partial charge in [0.25, 0.3) is 5.91 Å². The van der Waals surface area contributed by atoms with Crippen LogP contribution in [0.5, 0.6) is 0 Å². The summed E-state index contributed by atoms with van der Waals surface area (Å²) in [6.45, 7) is 1.52. The molecule has 2 aromatic carbocycles. The van der Waals surface area contributed by atoms with E-state index in [2.05, 4.69) is 25.0 Å². The SMILES string of the molecule is CN1CC2CC1CN2C1=NC(=O)C(=C(Cc2ccc(C(F)(F)F)cc2C(F)(F)F)c2ccc3[nH]ncc3c2)S1. The van der Waals surface area contributed by atoms with E-state index in [0.717, 1.165) is 30.8 Å². The summed E-state index contributed by atoms with van der Waals surface area (Å²) in [6, 6.07) is 7.16. The maximum absolute atomic E-state index is 14.0. The van der Waals surface area contributed by atoms with E-state index in [1.807, 2.05) is 7.05 Å². The number of piperazine rings is 1. The van der Waals surface area contributed by atoms with Crippen molar-refractivity contribution >= 4 is 39.3 Å². The largest absolute Gasteiger partial charge is 0.416 e. The summed E-state index contributed by atoms with van der Waals surface area (Å²) in [6.07, 6.45) is -7.90. The van der Waals surface area contributed by atoms with Crippen molar-refractivity contribution < 1.29 is 31.1 Å². The van der Waals surface area contributed by atoms with Gasteiger partial charge in [0.1, 0.15) is 0 Å².